The fourth-order valence-corrected chi connectivity index (χ4v) is 1.93. The van der Waals surface area contributed by atoms with Crippen molar-refractivity contribution in [3.8, 4) is 0 Å². The number of hydrogen-bond donors (Lipinski definition) is 2. The fraction of sp³-hybridized carbons (Fsp3) is 0.235. The molecule has 116 valence electrons. The van der Waals surface area contributed by atoms with Crippen LogP contribution in [-0.2, 0) is 4.79 Å². The second-order valence-corrected chi connectivity index (χ2v) is 5.31. The minimum absolute atomic E-state index is 0.0813. The second kappa shape index (κ2) is 6.93. The average Bonchev–Trinajstić information content (AvgIpc) is 2.49. The first kappa shape index (κ1) is 15.8. The molecule has 5 heteroatoms. The maximum Gasteiger partial charge on any atom is 0.243 e. The van der Waals surface area contributed by atoms with Gasteiger partial charge in [0.15, 0.2) is 0 Å². The molecule has 0 fully saturated rings. The lowest BCUT2D eigenvalue weighted by atomic mass is 10.2. The number of carbonyl (C=O) groups is 1. The molecule has 2 rings (SSSR count). The van der Waals surface area contributed by atoms with Crippen molar-refractivity contribution in [2.24, 2.45) is 0 Å². The van der Waals surface area contributed by atoms with Crippen molar-refractivity contribution in [2.45, 2.75) is 6.92 Å². The summed E-state index contributed by atoms with van der Waals surface area (Å²) < 4.78 is 13.4. The van der Waals surface area contributed by atoms with Crippen LogP contribution in [0.1, 0.15) is 5.56 Å². The van der Waals surface area contributed by atoms with E-state index in [1.54, 1.807) is 19.1 Å². The first-order chi connectivity index (χ1) is 10.5. The van der Waals surface area contributed by atoms with Crippen LogP contribution in [-0.4, -0.2) is 26.5 Å². The maximum absolute atomic E-state index is 13.4. The number of hydrogen-bond acceptors (Lipinski definition) is 3. The number of nitrogens with zero attached hydrogens (tertiary/aromatic N) is 1. The molecule has 2 N–H and O–H groups in total. The van der Waals surface area contributed by atoms with E-state index >= 15 is 0 Å². The maximum atomic E-state index is 13.4. The number of amides is 1. The summed E-state index contributed by atoms with van der Waals surface area (Å²) in [5.74, 6) is -0.469. The molecule has 0 aliphatic carbocycles. The molecule has 22 heavy (non-hydrogen) atoms. The standard InChI is InChI=1S/C17H20FN3O/c1-12-4-5-14(10-16(12)18)19-11-17(22)20-13-6-8-15(9-7-13)21(2)3/h4-10,19H,11H2,1-3H3,(H,20,22). The van der Waals surface area contributed by atoms with Gasteiger partial charge in [-0.05, 0) is 48.9 Å². The van der Waals surface area contributed by atoms with Gasteiger partial charge in [-0.3, -0.25) is 4.79 Å². The highest BCUT2D eigenvalue weighted by molar-refractivity contribution is 5.93. The van der Waals surface area contributed by atoms with Crippen LogP contribution < -0.4 is 15.5 Å². The Morgan fingerprint density at radius 1 is 1.09 bits per heavy atom. The third kappa shape index (κ3) is 4.22. The summed E-state index contributed by atoms with van der Waals surface area (Å²) in [6.45, 7) is 1.78. The van der Waals surface area contributed by atoms with Crippen LogP contribution in [0.15, 0.2) is 42.5 Å². The molecule has 0 spiro atoms. The summed E-state index contributed by atoms with van der Waals surface area (Å²) in [5, 5.41) is 5.69. The van der Waals surface area contributed by atoms with Crippen LogP contribution in [0.5, 0.6) is 0 Å². The molecule has 0 unspecified atom stereocenters. The SMILES string of the molecule is Cc1ccc(NCC(=O)Nc2ccc(N(C)C)cc2)cc1F. The molecule has 0 aromatic heterocycles. The van der Waals surface area contributed by atoms with Gasteiger partial charge in [-0.2, -0.15) is 0 Å². The Kier molecular flexibility index (Phi) is 4.99. The van der Waals surface area contributed by atoms with Crippen molar-refractivity contribution < 1.29 is 9.18 Å². The molecule has 0 heterocycles. The predicted molar refractivity (Wildman–Crippen MR) is 89.0 cm³/mol. The summed E-state index contributed by atoms with van der Waals surface area (Å²) >= 11 is 0. The van der Waals surface area contributed by atoms with Crippen LogP contribution in [0.3, 0.4) is 0 Å². The molecule has 2 aromatic rings. The van der Waals surface area contributed by atoms with Crippen molar-refractivity contribution >= 4 is 23.0 Å². The highest BCUT2D eigenvalue weighted by atomic mass is 19.1. The summed E-state index contributed by atoms with van der Waals surface area (Å²) in [7, 11) is 3.91. The van der Waals surface area contributed by atoms with Crippen LogP contribution in [0.2, 0.25) is 0 Å². The monoisotopic (exact) mass is 301 g/mol. The van der Waals surface area contributed by atoms with Gasteiger partial charge in [0, 0.05) is 31.2 Å². The van der Waals surface area contributed by atoms with Crippen molar-refractivity contribution in [3.63, 3.8) is 0 Å². The third-order valence-electron chi connectivity index (χ3n) is 3.29. The lowest BCUT2D eigenvalue weighted by molar-refractivity contribution is -0.114. The van der Waals surface area contributed by atoms with Gasteiger partial charge in [0.25, 0.3) is 0 Å². The van der Waals surface area contributed by atoms with Gasteiger partial charge in [-0.25, -0.2) is 4.39 Å². The lowest BCUT2D eigenvalue weighted by Crippen LogP contribution is -2.21. The Bertz CT molecular complexity index is 653. The number of halogens is 1. The molecule has 0 aliphatic rings. The molecule has 0 saturated heterocycles. The van der Waals surface area contributed by atoms with Gasteiger partial charge in [-0.1, -0.05) is 6.07 Å². The normalized spacial score (nSPS) is 10.2. The Morgan fingerprint density at radius 2 is 1.73 bits per heavy atom. The number of carbonyl (C=O) groups excluding carboxylic acids is 1. The molecule has 0 bridgehead atoms. The first-order valence-corrected chi connectivity index (χ1v) is 7.03. The average molecular weight is 301 g/mol. The Labute approximate surface area is 129 Å². The zero-order valence-corrected chi connectivity index (χ0v) is 13.0. The molecule has 0 radical (unpaired) electrons. The number of rotatable bonds is 5. The molecule has 0 saturated carbocycles. The van der Waals surface area contributed by atoms with Crippen LogP contribution >= 0.6 is 0 Å². The first-order valence-electron chi connectivity index (χ1n) is 7.03. The van der Waals surface area contributed by atoms with Gasteiger partial charge >= 0.3 is 0 Å². The van der Waals surface area contributed by atoms with E-state index in [0.29, 0.717) is 11.3 Å². The van der Waals surface area contributed by atoms with E-state index in [-0.39, 0.29) is 18.3 Å². The molecular formula is C17H20FN3O. The van der Waals surface area contributed by atoms with Gasteiger partial charge in [0.05, 0.1) is 6.54 Å². The lowest BCUT2D eigenvalue weighted by Gasteiger charge is -2.13. The smallest absolute Gasteiger partial charge is 0.243 e. The fourth-order valence-electron chi connectivity index (χ4n) is 1.93. The molecule has 0 atom stereocenters. The number of benzene rings is 2. The Hall–Kier alpha value is -2.56. The summed E-state index contributed by atoms with van der Waals surface area (Å²) in [4.78, 5) is 13.9. The molecule has 2 aromatic carbocycles. The van der Waals surface area contributed by atoms with Crippen molar-refractivity contribution in [1.82, 2.24) is 0 Å². The van der Waals surface area contributed by atoms with Crippen LogP contribution in [0.25, 0.3) is 0 Å². The van der Waals surface area contributed by atoms with E-state index in [1.807, 2.05) is 43.3 Å². The van der Waals surface area contributed by atoms with Crippen molar-refractivity contribution in [1.29, 1.82) is 0 Å². The Balaban J connectivity index is 1.88. The topological polar surface area (TPSA) is 44.4 Å². The Morgan fingerprint density at radius 3 is 2.32 bits per heavy atom. The number of nitrogens with one attached hydrogen (secondary N) is 2. The van der Waals surface area contributed by atoms with Gasteiger partial charge in [0.1, 0.15) is 5.82 Å². The minimum Gasteiger partial charge on any atom is -0.378 e. The third-order valence-corrected chi connectivity index (χ3v) is 3.29. The summed E-state index contributed by atoms with van der Waals surface area (Å²) in [6.07, 6.45) is 0. The molecule has 0 aliphatic heterocycles. The molecule has 4 nitrogen and oxygen atoms in total. The number of anilines is 3. The summed E-state index contributed by atoms with van der Waals surface area (Å²) in [5.41, 5.74) is 2.95. The van der Waals surface area contributed by atoms with E-state index in [2.05, 4.69) is 10.6 Å². The quantitative estimate of drug-likeness (QED) is 0.891. The van der Waals surface area contributed by atoms with Crippen LogP contribution in [0.4, 0.5) is 21.5 Å². The van der Waals surface area contributed by atoms with E-state index in [0.717, 1.165) is 11.4 Å². The zero-order chi connectivity index (χ0) is 16.1. The largest absolute Gasteiger partial charge is 0.378 e. The van der Waals surface area contributed by atoms with E-state index in [4.69, 9.17) is 0 Å². The summed E-state index contributed by atoms with van der Waals surface area (Å²) in [6, 6.07) is 12.4. The van der Waals surface area contributed by atoms with Crippen molar-refractivity contribution in [3.05, 3.63) is 53.8 Å². The highest BCUT2D eigenvalue weighted by Crippen LogP contribution is 2.16. The highest BCUT2D eigenvalue weighted by Gasteiger charge is 2.04. The minimum atomic E-state index is -0.287. The van der Waals surface area contributed by atoms with E-state index in [1.165, 1.54) is 6.07 Å². The van der Waals surface area contributed by atoms with E-state index < -0.39 is 0 Å². The van der Waals surface area contributed by atoms with Crippen LogP contribution in [0, 0.1) is 12.7 Å². The molecular weight excluding hydrogens is 281 g/mol. The van der Waals surface area contributed by atoms with E-state index in [9.17, 15) is 9.18 Å². The second-order valence-electron chi connectivity index (χ2n) is 5.31. The number of aryl methyl sites for hydroxylation is 1. The van der Waals surface area contributed by atoms with Crippen molar-refractivity contribution in [2.75, 3.05) is 36.2 Å². The molecule has 1 amide bonds. The van der Waals surface area contributed by atoms with Gasteiger partial charge < -0.3 is 15.5 Å². The predicted octanol–water partition coefficient (Wildman–Crippen LogP) is 3.25. The van der Waals surface area contributed by atoms with Gasteiger partial charge in [0.2, 0.25) is 5.91 Å². The zero-order valence-electron chi connectivity index (χ0n) is 13.0. The van der Waals surface area contributed by atoms with Gasteiger partial charge in [-0.15, -0.1) is 0 Å².